The second kappa shape index (κ2) is 8.73. The number of nitrogens with zero attached hydrogens (tertiary/aromatic N) is 6. The Bertz CT molecular complexity index is 1270. The van der Waals surface area contributed by atoms with E-state index < -0.39 is 29.5 Å². The molecular weight excluding hydrogens is 427 g/mol. The van der Waals surface area contributed by atoms with E-state index in [0.717, 1.165) is 18.2 Å². The van der Waals surface area contributed by atoms with Crippen LogP contribution in [0.2, 0.25) is 0 Å². The maximum absolute atomic E-state index is 13.1. The lowest BCUT2D eigenvalue weighted by Gasteiger charge is -2.16. The number of carbonyl (C=O) groups excluding carboxylic acids is 1. The first kappa shape index (κ1) is 22.8. The van der Waals surface area contributed by atoms with Gasteiger partial charge >= 0.3 is 6.18 Å². The van der Waals surface area contributed by atoms with Gasteiger partial charge in [0.1, 0.15) is 5.69 Å². The largest absolute Gasteiger partial charge is 0.416 e. The van der Waals surface area contributed by atoms with Crippen molar-refractivity contribution in [2.24, 2.45) is 4.99 Å². The van der Waals surface area contributed by atoms with E-state index in [0.29, 0.717) is 5.82 Å². The highest BCUT2D eigenvalue weighted by Crippen LogP contribution is 2.31. The molecule has 1 aromatic carbocycles. The summed E-state index contributed by atoms with van der Waals surface area (Å²) in [6, 6.07) is 2.47. The molecule has 168 valence electrons. The van der Waals surface area contributed by atoms with Crippen molar-refractivity contribution in [3.05, 3.63) is 52.1 Å². The van der Waals surface area contributed by atoms with Crippen molar-refractivity contribution in [1.29, 1.82) is 0 Å². The van der Waals surface area contributed by atoms with Crippen molar-refractivity contribution in [2.45, 2.75) is 32.5 Å². The van der Waals surface area contributed by atoms with Gasteiger partial charge in [0.15, 0.2) is 5.82 Å². The minimum atomic E-state index is -4.56. The van der Waals surface area contributed by atoms with Crippen LogP contribution in [0.5, 0.6) is 0 Å². The van der Waals surface area contributed by atoms with E-state index in [1.54, 1.807) is 20.9 Å². The molecule has 12 heteroatoms. The molecule has 1 N–H and O–H groups in total. The Balaban J connectivity index is 1.97. The summed E-state index contributed by atoms with van der Waals surface area (Å²) in [5.41, 5.74) is -1.58. The number of amides is 1. The van der Waals surface area contributed by atoms with Gasteiger partial charge in [-0.2, -0.15) is 23.3 Å². The van der Waals surface area contributed by atoms with E-state index in [4.69, 9.17) is 0 Å². The molecule has 0 saturated carbocycles. The van der Waals surface area contributed by atoms with Crippen LogP contribution in [0.1, 0.15) is 37.0 Å². The van der Waals surface area contributed by atoms with E-state index in [2.05, 4.69) is 32.1 Å². The summed E-state index contributed by atoms with van der Waals surface area (Å²) in [7, 11) is 1.54. The number of aliphatic imine (C=N–C) groups is 1. The molecule has 0 fully saturated rings. The molecule has 32 heavy (non-hydrogen) atoms. The Morgan fingerprint density at radius 3 is 2.62 bits per heavy atom. The van der Waals surface area contributed by atoms with Gasteiger partial charge in [-0.25, -0.2) is 4.68 Å². The maximum Gasteiger partial charge on any atom is 0.416 e. The van der Waals surface area contributed by atoms with Crippen LogP contribution in [0.4, 0.5) is 19.1 Å². The number of carbonyl (C=O) groups is 1. The van der Waals surface area contributed by atoms with E-state index >= 15 is 0 Å². The molecule has 0 unspecified atom stereocenters. The summed E-state index contributed by atoms with van der Waals surface area (Å²) in [5, 5.41) is 10.7. The van der Waals surface area contributed by atoms with Crippen LogP contribution in [0.15, 0.2) is 34.6 Å². The number of nitrogens with one attached hydrogen (secondary N) is 1. The molecule has 9 nitrogen and oxygen atoms in total. The van der Waals surface area contributed by atoms with Crippen LogP contribution in [-0.2, 0) is 17.4 Å². The lowest BCUT2D eigenvalue weighted by Crippen LogP contribution is -2.26. The van der Waals surface area contributed by atoms with Crippen molar-refractivity contribution in [3.8, 4) is 0 Å². The standard InChI is InChI=1S/C20H20F3N7O2/c1-5-29-16(10-24-4)25-19(28-29)26-17(31)9-14-18(32)13-7-6-12(20(21,22)23)8-15(13)30(27-14)11(2)3/h5-8,10-11H,1,9H2,2-4H3,(H,26,28,31). The van der Waals surface area contributed by atoms with Gasteiger partial charge in [0.25, 0.3) is 0 Å². The molecule has 2 heterocycles. The first-order chi connectivity index (χ1) is 15.0. The van der Waals surface area contributed by atoms with Crippen molar-refractivity contribution in [1.82, 2.24) is 24.5 Å². The van der Waals surface area contributed by atoms with Crippen LogP contribution in [-0.4, -0.2) is 43.7 Å². The number of alkyl halides is 3. The fourth-order valence-electron chi connectivity index (χ4n) is 3.03. The molecular formula is C20H20F3N7O2. The number of fused-ring (bicyclic) bond motifs is 1. The number of aromatic nitrogens is 5. The Morgan fingerprint density at radius 1 is 1.31 bits per heavy atom. The van der Waals surface area contributed by atoms with Crippen LogP contribution >= 0.6 is 0 Å². The van der Waals surface area contributed by atoms with Gasteiger partial charge in [-0.1, -0.05) is 6.58 Å². The minimum absolute atomic E-state index is 0.0235. The number of rotatable bonds is 6. The Hall–Kier alpha value is -3.83. The van der Waals surface area contributed by atoms with Crippen LogP contribution in [0, 0.1) is 0 Å². The summed E-state index contributed by atoms with van der Waals surface area (Å²) in [6.45, 7) is 7.01. The van der Waals surface area contributed by atoms with Crippen LogP contribution in [0.3, 0.4) is 0 Å². The third-order valence-electron chi connectivity index (χ3n) is 4.45. The zero-order chi connectivity index (χ0) is 23.6. The van der Waals surface area contributed by atoms with Gasteiger partial charge in [-0.15, -0.1) is 5.10 Å². The fraction of sp³-hybridized carbons (Fsp3) is 0.300. The molecule has 0 saturated heterocycles. The smallest absolute Gasteiger partial charge is 0.293 e. The van der Waals surface area contributed by atoms with Crippen LogP contribution < -0.4 is 10.7 Å². The zero-order valence-electron chi connectivity index (χ0n) is 17.5. The van der Waals surface area contributed by atoms with E-state index in [9.17, 15) is 22.8 Å². The highest BCUT2D eigenvalue weighted by atomic mass is 19.4. The fourth-order valence-corrected chi connectivity index (χ4v) is 3.03. The molecule has 1 amide bonds. The van der Waals surface area contributed by atoms with Crippen molar-refractivity contribution >= 4 is 35.2 Å². The highest BCUT2D eigenvalue weighted by Gasteiger charge is 2.31. The molecule has 3 aromatic rings. The molecule has 2 aromatic heterocycles. The van der Waals surface area contributed by atoms with E-state index in [1.165, 1.54) is 21.8 Å². The quantitative estimate of drug-likeness (QED) is 0.585. The lowest BCUT2D eigenvalue weighted by atomic mass is 10.1. The van der Waals surface area contributed by atoms with Crippen molar-refractivity contribution in [2.75, 3.05) is 12.4 Å². The van der Waals surface area contributed by atoms with Gasteiger partial charge in [-0.3, -0.25) is 24.6 Å². The predicted octanol–water partition coefficient (Wildman–Crippen LogP) is 2.92. The number of hydrogen-bond acceptors (Lipinski definition) is 6. The average Bonchev–Trinajstić information content (AvgIpc) is 3.10. The third kappa shape index (κ3) is 4.58. The lowest BCUT2D eigenvalue weighted by molar-refractivity contribution is -0.137. The molecule has 0 aliphatic heterocycles. The molecule has 0 spiro atoms. The number of hydrogen-bond donors (Lipinski definition) is 1. The zero-order valence-corrected chi connectivity index (χ0v) is 17.5. The molecule has 0 atom stereocenters. The molecule has 0 aliphatic rings. The van der Waals surface area contributed by atoms with Gasteiger partial charge in [-0.05, 0) is 32.0 Å². The normalized spacial score (nSPS) is 12.1. The number of anilines is 1. The van der Waals surface area contributed by atoms with Gasteiger partial charge in [0, 0.05) is 24.7 Å². The summed E-state index contributed by atoms with van der Waals surface area (Å²) in [4.78, 5) is 33.3. The van der Waals surface area contributed by atoms with E-state index in [-0.39, 0.29) is 28.6 Å². The monoisotopic (exact) mass is 447 g/mol. The molecule has 0 aliphatic carbocycles. The molecule has 0 bridgehead atoms. The summed E-state index contributed by atoms with van der Waals surface area (Å²) < 4.78 is 42.0. The number of benzene rings is 1. The second-order valence-corrected chi connectivity index (χ2v) is 7.08. The maximum atomic E-state index is 13.1. The molecule has 3 rings (SSSR count). The second-order valence-electron chi connectivity index (χ2n) is 7.08. The van der Waals surface area contributed by atoms with Gasteiger partial charge in [0.2, 0.25) is 17.3 Å². The topological polar surface area (TPSA) is 107 Å². The summed E-state index contributed by atoms with van der Waals surface area (Å²) in [6.07, 6.45) is -2.18. The Kier molecular flexibility index (Phi) is 6.23. The minimum Gasteiger partial charge on any atom is -0.293 e. The average molecular weight is 447 g/mol. The Labute approximate surface area is 180 Å². The van der Waals surface area contributed by atoms with Gasteiger partial charge < -0.3 is 0 Å². The summed E-state index contributed by atoms with van der Waals surface area (Å²) >= 11 is 0. The van der Waals surface area contributed by atoms with Crippen LogP contribution in [0.25, 0.3) is 17.1 Å². The van der Waals surface area contributed by atoms with Crippen molar-refractivity contribution < 1.29 is 18.0 Å². The highest BCUT2D eigenvalue weighted by molar-refractivity contribution is 5.91. The number of halogens is 3. The molecule has 0 radical (unpaired) electrons. The Morgan fingerprint density at radius 2 is 2.03 bits per heavy atom. The first-order valence-electron chi connectivity index (χ1n) is 9.49. The van der Waals surface area contributed by atoms with Crippen molar-refractivity contribution in [3.63, 3.8) is 0 Å². The third-order valence-corrected chi connectivity index (χ3v) is 4.45. The van der Waals surface area contributed by atoms with Gasteiger partial charge in [0.05, 0.1) is 23.7 Å². The SMILES string of the molecule is C=Cn1nc(NC(=O)Cc2nn(C(C)C)c3cc(C(F)(F)F)ccc3c2=O)nc1C=NC. The first-order valence-corrected chi connectivity index (χ1v) is 9.49. The predicted molar refractivity (Wildman–Crippen MR) is 114 cm³/mol. The van der Waals surface area contributed by atoms with E-state index in [1.807, 2.05) is 0 Å². The summed E-state index contributed by atoms with van der Waals surface area (Å²) in [5.74, 6) is -0.300.